The van der Waals surface area contributed by atoms with Crippen LogP contribution in [0, 0.1) is 18.8 Å². The number of carbonyl (C=O) groups excluding carboxylic acids is 1. The summed E-state index contributed by atoms with van der Waals surface area (Å²) in [5.41, 5.74) is 2.48. The zero-order valence-corrected chi connectivity index (χ0v) is 14.5. The van der Waals surface area contributed by atoms with Crippen molar-refractivity contribution in [3.05, 3.63) is 29.3 Å². The van der Waals surface area contributed by atoms with E-state index in [4.69, 9.17) is 17.0 Å². The zero-order chi connectivity index (χ0) is 16.4. The summed E-state index contributed by atoms with van der Waals surface area (Å²) in [5.74, 6) is 1.39. The van der Waals surface area contributed by atoms with Gasteiger partial charge < -0.3 is 15.4 Å². The standard InChI is InChI=1S/C18H24N2O2S/c1-3-22-17(21)14-6-7-15(11(2)8-14)19-18(23)20-16-10-12-4-5-13(16)9-12/h6-8,12-13,16H,3-5,9-10H2,1-2H3,(H2,19,20,23)/t12-,13-,16-/m0/s1. The highest BCUT2D eigenvalue weighted by Gasteiger charge is 2.39. The van der Waals surface area contributed by atoms with Gasteiger partial charge in [0, 0.05) is 11.7 Å². The van der Waals surface area contributed by atoms with E-state index in [0.29, 0.717) is 23.3 Å². The number of anilines is 1. The first-order valence-electron chi connectivity index (χ1n) is 8.42. The number of thiocarbonyl (C=S) groups is 1. The zero-order valence-electron chi connectivity index (χ0n) is 13.7. The number of esters is 1. The molecule has 0 heterocycles. The molecule has 3 atom stereocenters. The largest absolute Gasteiger partial charge is 0.462 e. The molecule has 0 radical (unpaired) electrons. The third-order valence-electron chi connectivity index (χ3n) is 5.04. The Labute approximate surface area is 143 Å². The lowest BCUT2D eigenvalue weighted by molar-refractivity contribution is 0.0526. The lowest BCUT2D eigenvalue weighted by Crippen LogP contribution is -2.40. The highest BCUT2D eigenvalue weighted by atomic mass is 32.1. The highest BCUT2D eigenvalue weighted by molar-refractivity contribution is 7.80. The number of nitrogens with one attached hydrogen (secondary N) is 2. The van der Waals surface area contributed by atoms with E-state index in [-0.39, 0.29) is 5.97 Å². The minimum absolute atomic E-state index is 0.287. The van der Waals surface area contributed by atoms with Crippen LogP contribution in [0.1, 0.15) is 48.5 Å². The number of fused-ring (bicyclic) bond motifs is 2. The maximum absolute atomic E-state index is 11.8. The number of hydrogen-bond acceptors (Lipinski definition) is 3. The molecule has 2 N–H and O–H groups in total. The van der Waals surface area contributed by atoms with Crippen molar-refractivity contribution >= 4 is 29.0 Å². The van der Waals surface area contributed by atoms with E-state index in [0.717, 1.165) is 23.1 Å². The number of ether oxygens (including phenoxy) is 1. The second kappa shape index (κ2) is 6.87. The maximum atomic E-state index is 11.8. The van der Waals surface area contributed by atoms with Crippen LogP contribution in [0.4, 0.5) is 5.69 Å². The number of carbonyl (C=O) groups is 1. The van der Waals surface area contributed by atoms with Gasteiger partial charge >= 0.3 is 5.97 Å². The molecule has 4 nitrogen and oxygen atoms in total. The molecule has 3 rings (SSSR count). The third kappa shape index (κ3) is 3.66. The summed E-state index contributed by atoms with van der Waals surface area (Å²) >= 11 is 5.46. The molecule has 124 valence electrons. The van der Waals surface area contributed by atoms with Crippen molar-refractivity contribution in [3.63, 3.8) is 0 Å². The molecule has 0 aliphatic heterocycles. The summed E-state index contributed by atoms with van der Waals surface area (Å²) in [4.78, 5) is 11.8. The minimum atomic E-state index is -0.287. The predicted octanol–water partition coefficient (Wildman–Crippen LogP) is 3.65. The number of rotatable bonds is 4. The Balaban J connectivity index is 1.59. The van der Waals surface area contributed by atoms with Gasteiger partial charge in [0.15, 0.2) is 5.11 Å². The van der Waals surface area contributed by atoms with Crippen LogP contribution >= 0.6 is 12.2 Å². The van der Waals surface area contributed by atoms with Crippen molar-refractivity contribution in [1.82, 2.24) is 5.32 Å². The van der Waals surface area contributed by atoms with Crippen LogP contribution < -0.4 is 10.6 Å². The Hall–Kier alpha value is -1.62. The molecule has 2 aliphatic carbocycles. The fourth-order valence-electron chi connectivity index (χ4n) is 3.89. The van der Waals surface area contributed by atoms with Crippen LogP contribution in [-0.2, 0) is 4.74 Å². The fraction of sp³-hybridized carbons (Fsp3) is 0.556. The molecule has 1 aromatic rings. The van der Waals surface area contributed by atoms with Crippen LogP contribution in [0.2, 0.25) is 0 Å². The topological polar surface area (TPSA) is 50.4 Å². The molecular formula is C18H24N2O2S. The normalized spacial score (nSPS) is 25.2. The Kier molecular flexibility index (Phi) is 4.85. The smallest absolute Gasteiger partial charge is 0.338 e. The summed E-state index contributed by atoms with van der Waals surface area (Å²) in [7, 11) is 0. The van der Waals surface area contributed by atoms with Crippen molar-refractivity contribution in [3.8, 4) is 0 Å². The van der Waals surface area contributed by atoms with Gasteiger partial charge in [0.2, 0.25) is 0 Å². The molecule has 0 spiro atoms. The van der Waals surface area contributed by atoms with Gasteiger partial charge in [-0.25, -0.2) is 4.79 Å². The molecule has 2 saturated carbocycles. The molecule has 1 aromatic carbocycles. The van der Waals surface area contributed by atoms with Crippen LogP contribution in [0.5, 0.6) is 0 Å². The molecular weight excluding hydrogens is 308 g/mol. The van der Waals surface area contributed by atoms with E-state index in [1.165, 1.54) is 25.7 Å². The molecule has 0 aromatic heterocycles. The quantitative estimate of drug-likeness (QED) is 0.651. The Morgan fingerprint density at radius 1 is 1.35 bits per heavy atom. The lowest BCUT2D eigenvalue weighted by Gasteiger charge is -2.25. The molecule has 23 heavy (non-hydrogen) atoms. The van der Waals surface area contributed by atoms with Crippen molar-refractivity contribution < 1.29 is 9.53 Å². The van der Waals surface area contributed by atoms with E-state index in [2.05, 4.69) is 10.6 Å². The van der Waals surface area contributed by atoms with Gasteiger partial charge in [-0.15, -0.1) is 0 Å². The molecule has 2 aliphatic rings. The van der Waals surface area contributed by atoms with E-state index < -0.39 is 0 Å². The summed E-state index contributed by atoms with van der Waals surface area (Å²) in [6.45, 7) is 4.15. The fourth-order valence-corrected chi connectivity index (χ4v) is 4.15. The predicted molar refractivity (Wildman–Crippen MR) is 95.7 cm³/mol. The van der Waals surface area contributed by atoms with E-state index in [1.807, 2.05) is 19.1 Å². The molecule has 0 amide bonds. The first-order valence-corrected chi connectivity index (χ1v) is 8.83. The number of aryl methyl sites for hydroxylation is 1. The van der Waals surface area contributed by atoms with Crippen molar-refractivity contribution in [1.29, 1.82) is 0 Å². The minimum Gasteiger partial charge on any atom is -0.462 e. The molecule has 2 bridgehead atoms. The molecule has 5 heteroatoms. The first-order chi connectivity index (χ1) is 11.1. The number of benzene rings is 1. The number of hydrogen-bond donors (Lipinski definition) is 2. The monoisotopic (exact) mass is 332 g/mol. The van der Waals surface area contributed by atoms with Crippen LogP contribution in [-0.4, -0.2) is 23.7 Å². The SMILES string of the molecule is CCOC(=O)c1ccc(NC(=S)N[C@H]2C[C@H]3CC[C@H]2C3)c(C)c1. The Morgan fingerprint density at radius 3 is 2.78 bits per heavy atom. The second-order valence-corrected chi connectivity index (χ2v) is 7.04. The van der Waals surface area contributed by atoms with Crippen LogP contribution in [0.3, 0.4) is 0 Å². The van der Waals surface area contributed by atoms with Crippen molar-refractivity contribution in [2.75, 3.05) is 11.9 Å². The van der Waals surface area contributed by atoms with Crippen molar-refractivity contribution in [2.24, 2.45) is 11.8 Å². The molecule has 2 fully saturated rings. The summed E-state index contributed by atoms with van der Waals surface area (Å²) in [6, 6.07) is 6.01. The lowest BCUT2D eigenvalue weighted by atomic mass is 9.95. The third-order valence-corrected chi connectivity index (χ3v) is 5.26. The second-order valence-electron chi connectivity index (χ2n) is 6.63. The average Bonchev–Trinajstić information content (AvgIpc) is 3.12. The van der Waals surface area contributed by atoms with Crippen LogP contribution in [0.25, 0.3) is 0 Å². The van der Waals surface area contributed by atoms with E-state index in [1.54, 1.807) is 13.0 Å². The summed E-state index contributed by atoms with van der Waals surface area (Å²) in [6.07, 6.45) is 5.32. The Bertz CT molecular complexity index is 617. The van der Waals surface area contributed by atoms with Crippen LogP contribution in [0.15, 0.2) is 18.2 Å². The van der Waals surface area contributed by atoms with Crippen molar-refractivity contribution in [2.45, 2.75) is 45.6 Å². The van der Waals surface area contributed by atoms with Gasteiger partial charge in [0.25, 0.3) is 0 Å². The highest BCUT2D eigenvalue weighted by Crippen LogP contribution is 2.44. The molecule has 0 unspecified atom stereocenters. The first kappa shape index (κ1) is 16.2. The van der Waals surface area contributed by atoms with E-state index in [9.17, 15) is 4.79 Å². The van der Waals surface area contributed by atoms with Gasteiger partial charge in [0.05, 0.1) is 12.2 Å². The Morgan fingerprint density at radius 2 is 2.17 bits per heavy atom. The van der Waals surface area contributed by atoms with Gasteiger partial charge in [0.1, 0.15) is 0 Å². The van der Waals surface area contributed by atoms with E-state index >= 15 is 0 Å². The van der Waals surface area contributed by atoms with Gasteiger partial charge in [-0.05, 0) is 80.9 Å². The average molecular weight is 332 g/mol. The van der Waals surface area contributed by atoms with Gasteiger partial charge in [-0.2, -0.15) is 0 Å². The summed E-state index contributed by atoms with van der Waals surface area (Å²) in [5, 5.41) is 7.41. The van der Waals surface area contributed by atoms with Gasteiger partial charge in [-0.3, -0.25) is 0 Å². The molecule has 0 saturated heterocycles. The summed E-state index contributed by atoms with van der Waals surface area (Å²) < 4.78 is 5.02. The van der Waals surface area contributed by atoms with Gasteiger partial charge in [-0.1, -0.05) is 6.42 Å². The maximum Gasteiger partial charge on any atom is 0.338 e.